The summed E-state index contributed by atoms with van der Waals surface area (Å²) in [6.07, 6.45) is 1.90. The highest BCUT2D eigenvalue weighted by molar-refractivity contribution is 5.90. The number of nitrogens with one attached hydrogen (secondary N) is 2. The molecule has 1 saturated heterocycles. The monoisotopic (exact) mass is 311 g/mol. The molecule has 1 fully saturated rings. The Morgan fingerprint density at radius 1 is 1.27 bits per heavy atom. The zero-order chi connectivity index (χ0) is 16.9. The van der Waals surface area contributed by atoms with Gasteiger partial charge in [-0.15, -0.1) is 0 Å². The first kappa shape index (κ1) is 18.5. The molecule has 6 heteroatoms. The van der Waals surface area contributed by atoms with E-state index in [2.05, 4.69) is 31.4 Å². The first-order chi connectivity index (χ1) is 10.2. The van der Waals surface area contributed by atoms with Crippen LogP contribution in [0.2, 0.25) is 0 Å². The fourth-order valence-corrected chi connectivity index (χ4v) is 2.44. The molecule has 2 N–H and O–H groups in total. The SMILES string of the molecule is CNC(=O)C1CCCN1C(=O)CNC(=O)CC(C)C(C)(C)C. The minimum Gasteiger partial charge on any atom is -0.357 e. The standard InChI is InChI=1S/C16H29N3O3/c1-11(16(2,3)4)9-13(20)18-10-14(21)19-8-6-7-12(19)15(22)17-5/h11-12H,6-10H2,1-5H3,(H,17,22)(H,18,20). The molecule has 3 amide bonds. The first-order valence-corrected chi connectivity index (χ1v) is 7.94. The lowest BCUT2D eigenvalue weighted by Crippen LogP contribution is -2.48. The molecule has 0 saturated carbocycles. The molecule has 0 aromatic carbocycles. The summed E-state index contributed by atoms with van der Waals surface area (Å²) in [5.41, 5.74) is 0.0562. The molecule has 0 bridgehead atoms. The Morgan fingerprint density at radius 2 is 1.91 bits per heavy atom. The summed E-state index contributed by atoms with van der Waals surface area (Å²) < 4.78 is 0. The van der Waals surface area contributed by atoms with Crippen molar-refractivity contribution in [3.63, 3.8) is 0 Å². The van der Waals surface area contributed by atoms with Crippen molar-refractivity contribution in [2.24, 2.45) is 11.3 Å². The number of likely N-dealkylation sites (tertiary alicyclic amines) is 1. The van der Waals surface area contributed by atoms with Gasteiger partial charge >= 0.3 is 0 Å². The maximum Gasteiger partial charge on any atom is 0.242 e. The lowest BCUT2D eigenvalue weighted by Gasteiger charge is -2.27. The topological polar surface area (TPSA) is 78.5 Å². The van der Waals surface area contributed by atoms with Gasteiger partial charge < -0.3 is 15.5 Å². The average molecular weight is 311 g/mol. The molecular weight excluding hydrogens is 282 g/mol. The molecule has 0 aliphatic carbocycles. The van der Waals surface area contributed by atoms with Gasteiger partial charge in [0.15, 0.2) is 0 Å². The largest absolute Gasteiger partial charge is 0.357 e. The van der Waals surface area contributed by atoms with Crippen molar-refractivity contribution < 1.29 is 14.4 Å². The smallest absolute Gasteiger partial charge is 0.242 e. The maximum atomic E-state index is 12.2. The third-order valence-electron chi connectivity index (χ3n) is 4.53. The van der Waals surface area contributed by atoms with E-state index in [1.165, 1.54) is 0 Å². The number of hydrogen-bond acceptors (Lipinski definition) is 3. The lowest BCUT2D eigenvalue weighted by atomic mass is 9.80. The van der Waals surface area contributed by atoms with E-state index in [1.807, 2.05) is 6.92 Å². The van der Waals surface area contributed by atoms with Crippen LogP contribution in [0, 0.1) is 11.3 Å². The Bertz CT molecular complexity index is 429. The number of carbonyl (C=O) groups is 3. The summed E-state index contributed by atoms with van der Waals surface area (Å²) in [6, 6.07) is -0.400. The van der Waals surface area contributed by atoms with Gasteiger partial charge in [0.05, 0.1) is 6.54 Å². The Hall–Kier alpha value is -1.59. The van der Waals surface area contributed by atoms with Crippen LogP contribution in [0.3, 0.4) is 0 Å². The van der Waals surface area contributed by atoms with E-state index in [1.54, 1.807) is 11.9 Å². The first-order valence-electron chi connectivity index (χ1n) is 7.94. The normalized spacial score (nSPS) is 19.7. The number of likely N-dealkylation sites (N-methyl/N-ethyl adjacent to an activating group) is 1. The molecule has 6 nitrogen and oxygen atoms in total. The van der Waals surface area contributed by atoms with Gasteiger partial charge in [-0.2, -0.15) is 0 Å². The van der Waals surface area contributed by atoms with Crippen molar-refractivity contribution in [2.45, 2.75) is 53.0 Å². The summed E-state index contributed by atoms with van der Waals surface area (Å²) in [7, 11) is 1.57. The summed E-state index contributed by atoms with van der Waals surface area (Å²) in [4.78, 5) is 37.4. The van der Waals surface area contributed by atoms with Crippen molar-refractivity contribution in [1.82, 2.24) is 15.5 Å². The molecule has 2 atom stereocenters. The molecule has 1 heterocycles. The number of amides is 3. The summed E-state index contributed by atoms with van der Waals surface area (Å²) >= 11 is 0. The van der Waals surface area contributed by atoms with Crippen LogP contribution in [0.4, 0.5) is 0 Å². The van der Waals surface area contributed by atoms with E-state index < -0.39 is 6.04 Å². The molecule has 2 unspecified atom stereocenters. The van der Waals surface area contributed by atoms with Crippen molar-refractivity contribution in [3.05, 3.63) is 0 Å². The van der Waals surface area contributed by atoms with Gasteiger partial charge in [-0.3, -0.25) is 14.4 Å². The molecule has 0 aromatic rings. The minimum atomic E-state index is -0.400. The fourth-order valence-electron chi connectivity index (χ4n) is 2.44. The van der Waals surface area contributed by atoms with Crippen LogP contribution >= 0.6 is 0 Å². The number of nitrogens with zero attached hydrogens (tertiary/aromatic N) is 1. The highest BCUT2D eigenvalue weighted by Gasteiger charge is 2.33. The molecule has 1 rings (SSSR count). The third-order valence-corrected chi connectivity index (χ3v) is 4.53. The fraction of sp³-hybridized carbons (Fsp3) is 0.812. The molecule has 126 valence electrons. The van der Waals surface area contributed by atoms with Crippen LogP contribution in [0.15, 0.2) is 0 Å². The summed E-state index contributed by atoms with van der Waals surface area (Å²) in [5, 5.41) is 5.26. The highest BCUT2D eigenvalue weighted by atomic mass is 16.2. The van der Waals surface area contributed by atoms with E-state index in [9.17, 15) is 14.4 Å². The van der Waals surface area contributed by atoms with Gasteiger partial charge in [0.25, 0.3) is 0 Å². The van der Waals surface area contributed by atoms with E-state index in [0.29, 0.717) is 19.4 Å². The molecular formula is C16H29N3O3. The van der Waals surface area contributed by atoms with Gasteiger partial charge in [-0.25, -0.2) is 0 Å². The molecule has 0 radical (unpaired) electrons. The molecule has 0 spiro atoms. The van der Waals surface area contributed by atoms with Crippen LogP contribution in [0.25, 0.3) is 0 Å². The molecule has 1 aliphatic heterocycles. The van der Waals surface area contributed by atoms with Gasteiger partial charge in [0, 0.05) is 20.0 Å². The van der Waals surface area contributed by atoms with Gasteiger partial charge in [0.1, 0.15) is 6.04 Å². The van der Waals surface area contributed by atoms with E-state index in [-0.39, 0.29) is 35.6 Å². The second-order valence-electron chi connectivity index (χ2n) is 7.11. The minimum absolute atomic E-state index is 0.0385. The van der Waals surface area contributed by atoms with Crippen molar-refractivity contribution in [2.75, 3.05) is 20.1 Å². The molecule has 0 aromatic heterocycles. The number of hydrogen-bond donors (Lipinski definition) is 2. The molecule has 1 aliphatic rings. The zero-order valence-corrected chi connectivity index (χ0v) is 14.4. The zero-order valence-electron chi connectivity index (χ0n) is 14.4. The lowest BCUT2D eigenvalue weighted by molar-refractivity contribution is -0.138. The van der Waals surface area contributed by atoms with E-state index in [0.717, 1.165) is 6.42 Å². The second-order valence-corrected chi connectivity index (χ2v) is 7.11. The highest BCUT2D eigenvalue weighted by Crippen LogP contribution is 2.27. The van der Waals surface area contributed by atoms with Crippen molar-refractivity contribution in [1.29, 1.82) is 0 Å². The predicted molar refractivity (Wildman–Crippen MR) is 85.0 cm³/mol. The van der Waals surface area contributed by atoms with Crippen LogP contribution in [0.5, 0.6) is 0 Å². The maximum absolute atomic E-state index is 12.2. The van der Waals surface area contributed by atoms with Crippen LogP contribution < -0.4 is 10.6 Å². The summed E-state index contributed by atoms with van der Waals surface area (Å²) in [5.74, 6) is -0.221. The van der Waals surface area contributed by atoms with E-state index >= 15 is 0 Å². The van der Waals surface area contributed by atoms with Gasteiger partial charge in [-0.05, 0) is 24.2 Å². The van der Waals surface area contributed by atoms with Crippen molar-refractivity contribution in [3.8, 4) is 0 Å². The van der Waals surface area contributed by atoms with Crippen LogP contribution in [0.1, 0.15) is 47.0 Å². The quantitative estimate of drug-likeness (QED) is 0.792. The van der Waals surface area contributed by atoms with Crippen molar-refractivity contribution >= 4 is 17.7 Å². The van der Waals surface area contributed by atoms with E-state index in [4.69, 9.17) is 0 Å². The van der Waals surface area contributed by atoms with Crippen LogP contribution in [-0.4, -0.2) is 48.8 Å². The number of carbonyl (C=O) groups excluding carboxylic acids is 3. The Labute approximate surface area is 133 Å². The Balaban J connectivity index is 2.45. The second kappa shape index (κ2) is 7.61. The van der Waals surface area contributed by atoms with Gasteiger partial charge in [-0.1, -0.05) is 27.7 Å². The third kappa shape index (κ3) is 5.00. The Morgan fingerprint density at radius 3 is 2.45 bits per heavy atom. The molecule has 22 heavy (non-hydrogen) atoms. The number of rotatable bonds is 5. The van der Waals surface area contributed by atoms with Crippen LogP contribution in [-0.2, 0) is 14.4 Å². The predicted octanol–water partition coefficient (Wildman–Crippen LogP) is 0.912. The Kier molecular flexibility index (Phi) is 6.38. The van der Waals surface area contributed by atoms with Gasteiger partial charge in [0.2, 0.25) is 17.7 Å². The average Bonchev–Trinajstić information content (AvgIpc) is 2.92. The summed E-state index contributed by atoms with van der Waals surface area (Å²) in [6.45, 7) is 8.84.